The summed E-state index contributed by atoms with van der Waals surface area (Å²) in [5.41, 5.74) is 1.97. The van der Waals surface area contributed by atoms with Crippen LogP contribution in [0.2, 0.25) is 5.02 Å². The van der Waals surface area contributed by atoms with Crippen molar-refractivity contribution in [3.63, 3.8) is 0 Å². The van der Waals surface area contributed by atoms with Crippen molar-refractivity contribution in [1.82, 2.24) is 20.2 Å². The number of anilines is 3. The SMILES string of the molecule is Clc1ccc(Nc2cnnc(NCc3ccncc3)n2)cc1. The van der Waals surface area contributed by atoms with Crippen LogP contribution in [-0.2, 0) is 6.54 Å². The summed E-state index contributed by atoms with van der Waals surface area (Å²) in [6.45, 7) is 0.606. The van der Waals surface area contributed by atoms with Crippen molar-refractivity contribution in [2.45, 2.75) is 6.54 Å². The third-order valence-electron chi connectivity index (χ3n) is 2.88. The van der Waals surface area contributed by atoms with Gasteiger partial charge in [-0.1, -0.05) is 11.6 Å². The highest BCUT2D eigenvalue weighted by Crippen LogP contribution is 2.17. The Kier molecular flexibility index (Phi) is 4.41. The van der Waals surface area contributed by atoms with E-state index < -0.39 is 0 Å². The van der Waals surface area contributed by atoms with Crippen LogP contribution in [-0.4, -0.2) is 20.2 Å². The Morgan fingerprint density at radius 3 is 2.55 bits per heavy atom. The maximum atomic E-state index is 5.86. The van der Waals surface area contributed by atoms with Crippen molar-refractivity contribution in [2.24, 2.45) is 0 Å². The predicted molar refractivity (Wildman–Crippen MR) is 86.1 cm³/mol. The number of hydrogen-bond donors (Lipinski definition) is 2. The van der Waals surface area contributed by atoms with Gasteiger partial charge < -0.3 is 10.6 Å². The average Bonchev–Trinajstić information content (AvgIpc) is 2.57. The van der Waals surface area contributed by atoms with Crippen molar-refractivity contribution in [2.75, 3.05) is 10.6 Å². The molecule has 0 amide bonds. The molecule has 0 bridgehead atoms. The number of halogens is 1. The Labute approximate surface area is 132 Å². The minimum Gasteiger partial charge on any atom is -0.349 e. The molecule has 6 nitrogen and oxygen atoms in total. The van der Waals surface area contributed by atoms with Crippen LogP contribution in [0.25, 0.3) is 0 Å². The van der Waals surface area contributed by atoms with Gasteiger partial charge in [-0.2, -0.15) is 10.1 Å². The first-order valence-electron chi connectivity index (χ1n) is 6.65. The molecule has 3 aromatic rings. The molecule has 2 aromatic heterocycles. The van der Waals surface area contributed by atoms with Crippen molar-refractivity contribution in [3.8, 4) is 0 Å². The van der Waals surface area contributed by atoms with E-state index in [0.717, 1.165) is 11.3 Å². The lowest BCUT2D eigenvalue weighted by molar-refractivity contribution is 0.948. The largest absolute Gasteiger partial charge is 0.349 e. The van der Waals surface area contributed by atoms with E-state index in [1.807, 2.05) is 24.3 Å². The summed E-state index contributed by atoms with van der Waals surface area (Å²) >= 11 is 5.86. The summed E-state index contributed by atoms with van der Waals surface area (Å²) < 4.78 is 0. The molecule has 0 aliphatic rings. The summed E-state index contributed by atoms with van der Waals surface area (Å²) in [6.07, 6.45) is 5.05. The predicted octanol–water partition coefficient (Wildman–Crippen LogP) is 3.28. The molecular formula is C15H13ClN6. The van der Waals surface area contributed by atoms with Crippen LogP contribution in [0.3, 0.4) is 0 Å². The minimum absolute atomic E-state index is 0.454. The fourth-order valence-corrected chi connectivity index (χ4v) is 1.93. The van der Waals surface area contributed by atoms with E-state index in [1.165, 1.54) is 0 Å². The van der Waals surface area contributed by atoms with E-state index in [4.69, 9.17) is 11.6 Å². The van der Waals surface area contributed by atoms with Crippen LogP contribution in [0.5, 0.6) is 0 Å². The van der Waals surface area contributed by atoms with E-state index in [1.54, 1.807) is 30.7 Å². The first kappa shape index (κ1) is 14.2. The molecule has 110 valence electrons. The van der Waals surface area contributed by atoms with Gasteiger partial charge in [0.05, 0.1) is 6.20 Å². The fraction of sp³-hybridized carbons (Fsp3) is 0.0667. The van der Waals surface area contributed by atoms with Crippen molar-refractivity contribution >= 4 is 29.1 Å². The van der Waals surface area contributed by atoms with Gasteiger partial charge in [-0.25, -0.2) is 0 Å². The molecule has 0 saturated carbocycles. The van der Waals surface area contributed by atoms with E-state index in [-0.39, 0.29) is 0 Å². The van der Waals surface area contributed by atoms with Gasteiger partial charge >= 0.3 is 0 Å². The van der Waals surface area contributed by atoms with Gasteiger partial charge in [0, 0.05) is 29.6 Å². The number of hydrogen-bond acceptors (Lipinski definition) is 6. The van der Waals surface area contributed by atoms with Crippen LogP contribution < -0.4 is 10.6 Å². The molecule has 0 atom stereocenters. The molecule has 0 spiro atoms. The second-order valence-corrected chi connectivity index (χ2v) is 4.94. The smallest absolute Gasteiger partial charge is 0.244 e. The topological polar surface area (TPSA) is 75.6 Å². The highest BCUT2D eigenvalue weighted by Gasteiger charge is 2.01. The van der Waals surface area contributed by atoms with Crippen molar-refractivity contribution < 1.29 is 0 Å². The molecule has 0 aliphatic heterocycles. The van der Waals surface area contributed by atoms with Crippen molar-refractivity contribution in [3.05, 3.63) is 65.6 Å². The Morgan fingerprint density at radius 1 is 1.00 bits per heavy atom. The Bertz CT molecular complexity index is 733. The minimum atomic E-state index is 0.454. The van der Waals surface area contributed by atoms with Gasteiger partial charge in [0.25, 0.3) is 0 Å². The molecule has 0 aliphatic carbocycles. The molecule has 2 N–H and O–H groups in total. The maximum absolute atomic E-state index is 5.86. The second-order valence-electron chi connectivity index (χ2n) is 4.51. The summed E-state index contributed by atoms with van der Waals surface area (Å²) in [5.74, 6) is 1.06. The zero-order valence-corrected chi connectivity index (χ0v) is 12.3. The van der Waals surface area contributed by atoms with Gasteiger partial charge in [0.2, 0.25) is 5.95 Å². The quantitative estimate of drug-likeness (QED) is 0.753. The lowest BCUT2D eigenvalue weighted by atomic mass is 10.3. The monoisotopic (exact) mass is 312 g/mol. The lowest BCUT2D eigenvalue weighted by Crippen LogP contribution is -2.06. The highest BCUT2D eigenvalue weighted by molar-refractivity contribution is 6.30. The molecule has 1 aromatic carbocycles. The van der Waals surface area contributed by atoms with E-state index >= 15 is 0 Å². The van der Waals surface area contributed by atoms with E-state index in [0.29, 0.717) is 23.3 Å². The molecular weight excluding hydrogens is 300 g/mol. The van der Waals surface area contributed by atoms with Gasteiger partial charge in [-0.05, 0) is 42.0 Å². The maximum Gasteiger partial charge on any atom is 0.244 e. The summed E-state index contributed by atoms with van der Waals surface area (Å²) in [5, 5.41) is 14.9. The van der Waals surface area contributed by atoms with Crippen LogP contribution in [0, 0.1) is 0 Å². The molecule has 0 fully saturated rings. The lowest BCUT2D eigenvalue weighted by Gasteiger charge is -2.07. The Morgan fingerprint density at radius 2 is 1.77 bits per heavy atom. The molecule has 22 heavy (non-hydrogen) atoms. The van der Waals surface area contributed by atoms with Crippen LogP contribution in [0.4, 0.5) is 17.5 Å². The summed E-state index contributed by atoms with van der Waals surface area (Å²) in [7, 11) is 0. The molecule has 0 saturated heterocycles. The number of rotatable bonds is 5. The number of aromatic nitrogens is 4. The first-order valence-corrected chi connectivity index (χ1v) is 7.02. The Balaban J connectivity index is 1.66. The first-order chi connectivity index (χ1) is 10.8. The average molecular weight is 313 g/mol. The highest BCUT2D eigenvalue weighted by atomic mass is 35.5. The summed E-state index contributed by atoms with van der Waals surface area (Å²) in [6, 6.07) is 11.2. The third-order valence-corrected chi connectivity index (χ3v) is 3.13. The van der Waals surface area contributed by atoms with Crippen LogP contribution >= 0.6 is 11.6 Å². The second kappa shape index (κ2) is 6.82. The van der Waals surface area contributed by atoms with Crippen LogP contribution in [0.1, 0.15) is 5.56 Å². The van der Waals surface area contributed by atoms with E-state index in [9.17, 15) is 0 Å². The molecule has 0 radical (unpaired) electrons. The van der Waals surface area contributed by atoms with Crippen LogP contribution in [0.15, 0.2) is 55.0 Å². The zero-order chi connectivity index (χ0) is 15.2. The molecule has 7 heteroatoms. The fourth-order valence-electron chi connectivity index (χ4n) is 1.80. The normalized spacial score (nSPS) is 10.2. The van der Waals surface area contributed by atoms with Gasteiger partial charge in [0.1, 0.15) is 0 Å². The molecule has 2 heterocycles. The number of benzene rings is 1. The standard InChI is InChI=1S/C15H13ClN6/c16-12-1-3-13(4-2-12)20-14-10-19-22-15(21-14)18-9-11-5-7-17-8-6-11/h1-8,10H,9H2,(H2,18,20,21,22). The van der Waals surface area contributed by atoms with E-state index in [2.05, 4.69) is 30.8 Å². The number of nitrogens with zero attached hydrogens (tertiary/aromatic N) is 4. The molecule has 3 rings (SSSR count). The zero-order valence-electron chi connectivity index (χ0n) is 11.6. The number of nitrogens with one attached hydrogen (secondary N) is 2. The van der Waals surface area contributed by atoms with Crippen molar-refractivity contribution in [1.29, 1.82) is 0 Å². The summed E-state index contributed by atoms with van der Waals surface area (Å²) in [4.78, 5) is 8.34. The van der Waals surface area contributed by atoms with Gasteiger partial charge in [-0.3, -0.25) is 4.98 Å². The van der Waals surface area contributed by atoms with Gasteiger partial charge in [0.15, 0.2) is 5.82 Å². The third kappa shape index (κ3) is 3.89. The Hall–Kier alpha value is -2.73. The molecule has 0 unspecified atom stereocenters. The number of pyridine rings is 1. The van der Waals surface area contributed by atoms with Gasteiger partial charge in [-0.15, -0.1) is 5.10 Å².